The van der Waals surface area contributed by atoms with Crippen molar-refractivity contribution < 1.29 is 89.1 Å². The van der Waals surface area contributed by atoms with Crippen LogP contribution in [-0.2, 0) is 14.2 Å². The summed E-state index contributed by atoms with van der Waals surface area (Å²) in [6.45, 7) is -0.906. The third kappa shape index (κ3) is 6.91. The summed E-state index contributed by atoms with van der Waals surface area (Å²) in [4.78, 5) is 40.0. The lowest BCUT2D eigenvalue weighted by molar-refractivity contribution is -0.276. The molecule has 5 atom stereocenters. The number of aliphatic hydroxyl groups excluding tert-OH is 2. The first kappa shape index (κ1) is 36.7. The maximum Gasteiger partial charge on any atom is 0.339 e. The third-order valence-electron chi connectivity index (χ3n) is 8.16. The summed E-state index contributed by atoms with van der Waals surface area (Å²) in [5.41, 5.74) is -2.42. The van der Waals surface area contributed by atoms with Crippen LogP contribution in [0, 0.1) is 0 Å². The molecule has 4 aromatic carbocycles. The van der Waals surface area contributed by atoms with E-state index in [9.17, 15) is 70.6 Å². The van der Waals surface area contributed by atoms with E-state index in [0.29, 0.717) is 12.1 Å². The second-order valence-electron chi connectivity index (χ2n) is 11.8. The molecule has 1 aliphatic rings. The molecule has 1 saturated heterocycles. The van der Waals surface area contributed by atoms with Crippen LogP contribution in [0.1, 0.15) is 20.7 Å². The van der Waals surface area contributed by atoms with Gasteiger partial charge >= 0.3 is 11.9 Å². The smallest absolute Gasteiger partial charge is 0.339 e. The van der Waals surface area contributed by atoms with Gasteiger partial charge in [0.15, 0.2) is 46.4 Å². The van der Waals surface area contributed by atoms with E-state index in [1.165, 1.54) is 24.3 Å². The Balaban J connectivity index is 1.41. The lowest BCUT2D eigenvalue weighted by Crippen LogP contribution is -2.61. The zero-order valence-electron chi connectivity index (χ0n) is 27.1. The predicted molar refractivity (Wildman–Crippen MR) is 177 cm³/mol. The molecule has 1 aromatic heterocycles. The summed E-state index contributed by atoms with van der Waals surface area (Å²) >= 11 is 0. The van der Waals surface area contributed by atoms with E-state index in [2.05, 4.69) is 0 Å². The van der Waals surface area contributed by atoms with Crippen LogP contribution in [0.2, 0.25) is 0 Å². The first-order valence-corrected chi connectivity index (χ1v) is 15.4. The van der Waals surface area contributed by atoms with Crippen LogP contribution in [0.15, 0.2) is 69.9 Å². The number of aliphatic hydroxyl groups is 2. The van der Waals surface area contributed by atoms with Gasteiger partial charge in [-0.3, -0.25) is 4.79 Å². The van der Waals surface area contributed by atoms with Gasteiger partial charge in [-0.25, -0.2) is 9.59 Å². The quantitative estimate of drug-likeness (QED) is 0.0794. The number of ether oxygens (including phenoxy) is 4. The highest BCUT2D eigenvalue weighted by Gasteiger charge is 2.49. The van der Waals surface area contributed by atoms with Gasteiger partial charge in [0.2, 0.25) is 17.5 Å². The highest BCUT2D eigenvalue weighted by Crippen LogP contribution is 2.40. The highest BCUT2D eigenvalue weighted by molar-refractivity contribution is 5.92. The van der Waals surface area contributed by atoms with Gasteiger partial charge in [0.1, 0.15) is 53.1 Å². The fourth-order valence-corrected chi connectivity index (χ4v) is 5.43. The van der Waals surface area contributed by atoms with Crippen LogP contribution in [-0.4, -0.2) is 105 Å². The monoisotopic (exact) mass is 752 g/mol. The lowest BCUT2D eigenvalue weighted by Gasteiger charge is -2.41. The Morgan fingerprint density at radius 3 is 1.80 bits per heavy atom. The van der Waals surface area contributed by atoms with Crippen molar-refractivity contribution in [3.63, 3.8) is 0 Å². The number of hydrogen-bond acceptors (Lipinski definition) is 19. The molecule has 1 fully saturated rings. The zero-order valence-corrected chi connectivity index (χ0v) is 27.1. The zero-order chi connectivity index (χ0) is 39.2. The summed E-state index contributed by atoms with van der Waals surface area (Å²) < 4.78 is 28.0. The molecule has 6 rings (SSSR count). The van der Waals surface area contributed by atoms with Crippen LogP contribution in [0.5, 0.6) is 57.5 Å². The average Bonchev–Trinajstić information content (AvgIpc) is 3.12. The molecular weight excluding hydrogens is 724 g/mol. The van der Waals surface area contributed by atoms with Crippen LogP contribution >= 0.6 is 0 Å². The summed E-state index contributed by atoms with van der Waals surface area (Å²) in [5, 5.41) is 111. The molecule has 0 radical (unpaired) electrons. The molecule has 0 spiro atoms. The van der Waals surface area contributed by atoms with Crippen molar-refractivity contribution in [2.24, 2.45) is 0 Å². The third-order valence-corrected chi connectivity index (χ3v) is 8.16. The second-order valence-corrected chi connectivity index (χ2v) is 11.8. The van der Waals surface area contributed by atoms with Gasteiger partial charge in [0, 0.05) is 17.7 Å². The van der Waals surface area contributed by atoms with Gasteiger partial charge in [0.25, 0.3) is 0 Å². The predicted octanol–water partition coefficient (Wildman–Crippen LogP) is 1.72. The number of esters is 2. The largest absolute Gasteiger partial charge is 0.508 e. The molecule has 1 aliphatic heterocycles. The Bertz CT molecular complexity index is 2280. The van der Waals surface area contributed by atoms with Crippen molar-refractivity contribution in [1.29, 1.82) is 0 Å². The van der Waals surface area contributed by atoms with Crippen molar-refractivity contribution in [2.45, 2.75) is 30.7 Å². The van der Waals surface area contributed by atoms with E-state index in [-0.39, 0.29) is 16.9 Å². The summed E-state index contributed by atoms with van der Waals surface area (Å²) in [5.74, 6) is -10.8. The minimum atomic E-state index is -2.19. The van der Waals surface area contributed by atoms with Gasteiger partial charge in [0.05, 0.1) is 11.1 Å². The molecule has 0 amide bonds. The van der Waals surface area contributed by atoms with Gasteiger partial charge < -0.3 is 79.5 Å². The van der Waals surface area contributed by atoms with Crippen molar-refractivity contribution in [3.05, 3.63) is 82.0 Å². The van der Waals surface area contributed by atoms with Crippen LogP contribution in [0.4, 0.5) is 0 Å². The van der Waals surface area contributed by atoms with E-state index in [4.69, 9.17) is 23.4 Å². The normalized spacial score (nSPS) is 19.6. The Morgan fingerprint density at radius 1 is 0.667 bits per heavy atom. The van der Waals surface area contributed by atoms with Crippen LogP contribution in [0.3, 0.4) is 0 Å². The maximum atomic E-state index is 14.0. The van der Waals surface area contributed by atoms with Gasteiger partial charge in [-0.1, -0.05) is 0 Å². The molecule has 282 valence electrons. The Morgan fingerprint density at radius 2 is 1.22 bits per heavy atom. The molecule has 0 bridgehead atoms. The molecule has 11 N–H and O–H groups in total. The SMILES string of the molecule is O=C(OC[C@@H]1O[C@H](Oc2c(-c3ccc(O)cc3)oc3cc(O)cc(O)c3c2=O)[C@@H](OC(=O)c2cc(O)c(O)c(O)c2)[C@H](O)[C@H]1O)c1cc(O)c(O)c(O)c1. The molecule has 0 saturated carbocycles. The van der Waals surface area contributed by atoms with Crippen molar-refractivity contribution in [2.75, 3.05) is 6.61 Å². The number of benzene rings is 4. The van der Waals surface area contributed by atoms with E-state index in [0.717, 1.165) is 24.3 Å². The lowest BCUT2D eigenvalue weighted by atomic mass is 9.98. The number of rotatable bonds is 8. The fourth-order valence-electron chi connectivity index (χ4n) is 5.43. The first-order chi connectivity index (χ1) is 25.5. The molecule has 19 nitrogen and oxygen atoms in total. The molecule has 2 heterocycles. The minimum Gasteiger partial charge on any atom is -0.508 e. The number of aromatic hydroxyl groups is 9. The maximum absolute atomic E-state index is 14.0. The Hall–Kier alpha value is -7.09. The van der Waals surface area contributed by atoms with Crippen molar-refractivity contribution >= 4 is 22.9 Å². The van der Waals surface area contributed by atoms with E-state index in [1.54, 1.807) is 0 Å². The number of carbonyl (C=O) groups is 2. The van der Waals surface area contributed by atoms with Crippen LogP contribution in [0.25, 0.3) is 22.3 Å². The minimum absolute atomic E-state index is 0.0653. The topological polar surface area (TPSA) is 324 Å². The van der Waals surface area contributed by atoms with Gasteiger partial charge in [-0.15, -0.1) is 0 Å². The number of phenols is 9. The van der Waals surface area contributed by atoms with E-state index >= 15 is 0 Å². The van der Waals surface area contributed by atoms with E-state index < -0.39 is 129 Å². The first-order valence-electron chi connectivity index (χ1n) is 15.4. The Labute approximate surface area is 300 Å². The number of phenolic OH excluding ortho intramolecular Hbond substituents is 9. The van der Waals surface area contributed by atoms with Crippen LogP contribution < -0.4 is 10.2 Å². The molecule has 5 aromatic rings. The summed E-state index contributed by atoms with van der Waals surface area (Å²) in [7, 11) is 0. The van der Waals surface area contributed by atoms with Gasteiger partial charge in [-0.2, -0.15) is 0 Å². The fraction of sp³-hybridized carbons (Fsp3) is 0.171. The average molecular weight is 753 g/mol. The standard InChI is InChI=1S/C35H28O19/c36-15-3-1-12(2-4-15)30-31(28(46)24-17(38)9-16(37)10-22(24)51-30)54-35-32(53-34(49)14-7-20(41)26(44)21(42)8-14)29(47)27(45)23(52-35)11-50-33(48)13-5-18(39)25(43)19(40)6-13/h1-10,23,27,29,32,35-45,47H,11H2/t23-,27-,29+,32-,35+/m0/s1. The molecule has 19 heteroatoms. The van der Waals surface area contributed by atoms with Crippen molar-refractivity contribution in [1.82, 2.24) is 0 Å². The number of fused-ring (bicyclic) bond motifs is 1. The number of hydrogen-bond donors (Lipinski definition) is 11. The van der Waals surface area contributed by atoms with Gasteiger partial charge in [-0.05, 0) is 48.5 Å². The number of carbonyl (C=O) groups excluding carboxylic acids is 2. The van der Waals surface area contributed by atoms with E-state index in [1.807, 2.05) is 0 Å². The molecule has 0 unspecified atom stereocenters. The Kier molecular flexibility index (Phi) is 9.61. The summed E-state index contributed by atoms with van der Waals surface area (Å²) in [6.07, 6.45) is -10.2. The molecule has 54 heavy (non-hydrogen) atoms. The summed E-state index contributed by atoms with van der Waals surface area (Å²) in [6, 6.07) is 9.73. The second kappa shape index (κ2) is 14.1. The van der Waals surface area contributed by atoms with Crippen molar-refractivity contribution in [3.8, 4) is 68.8 Å². The highest BCUT2D eigenvalue weighted by atomic mass is 16.7. The molecule has 0 aliphatic carbocycles. The molecular formula is C35H28O19.